The molecule has 13 heteroatoms. The third kappa shape index (κ3) is 5.58. The monoisotopic (exact) mass is 609 g/mol. The van der Waals surface area contributed by atoms with Crippen molar-refractivity contribution in [3.63, 3.8) is 0 Å². The largest absolute Gasteiger partial charge is 0.495 e. The Morgan fingerprint density at radius 1 is 1.10 bits per heavy atom. The van der Waals surface area contributed by atoms with Crippen LogP contribution in [0.5, 0.6) is 5.75 Å². The van der Waals surface area contributed by atoms with Crippen LogP contribution in [0.2, 0.25) is 15.1 Å². The summed E-state index contributed by atoms with van der Waals surface area (Å²) >= 11 is 19.2. The predicted molar refractivity (Wildman–Crippen MR) is 159 cm³/mol. The molecule has 3 N–H and O–H groups in total. The molecule has 3 aromatic heterocycles. The van der Waals surface area contributed by atoms with E-state index in [1.54, 1.807) is 48.7 Å². The number of benzene rings is 2. The summed E-state index contributed by atoms with van der Waals surface area (Å²) in [5.74, 6) is 1.43. The quantitative estimate of drug-likeness (QED) is 0.191. The fourth-order valence-corrected chi connectivity index (χ4v) is 5.54. The van der Waals surface area contributed by atoms with Crippen molar-refractivity contribution in [1.82, 2.24) is 24.7 Å². The third-order valence-corrected chi connectivity index (χ3v) is 7.36. The first-order valence-electron chi connectivity index (χ1n) is 12.6. The number of halogens is 3. The predicted octanol–water partition coefficient (Wildman–Crippen LogP) is 6.58. The smallest absolute Gasteiger partial charge is 0.324 e. The first kappa shape index (κ1) is 27.1. The van der Waals surface area contributed by atoms with Crippen LogP contribution in [0.1, 0.15) is 35.8 Å². The molecule has 0 unspecified atom stereocenters. The van der Waals surface area contributed by atoms with Gasteiger partial charge in [-0.05, 0) is 54.8 Å². The van der Waals surface area contributed by atoms with Gasteiger partial charge in [-0.1, -0.05) is 46.9 Å². The molecule has 1 aliphatic carbocycles. The molecule has 0 bridgehead atoms. The van der Waals surface area contributed by atoms with E-state index < -0.39 is 6.03 Å². The Kier molecular flexibility index (Phi) is 7.29. The number of aromatic nitrogens is 5. The summed E-state index contributed by atoms with van der Waals surface area (Å²) in [6.07, 6.45) is 3.73. The van der Waals surface area contributed by atoms with Crippen molar-refractivity contribution in [2.45, 2.75) is 25.2 Å². The van der Waals surface area contributed by atoms with Crippen molar-refractivity contribution in [3.05, 3.63) is 97.2 Å². The zero-order chi connectivity index (χ0) is 28.7. The van der Waals surface area contributed by atoms with Gasteiger partial charge in [0.15, 0.2) is 5.65 Å². The number of nitrogens with one attached hydrogen (secondary N) is 3. The molecule has 0 aliphatic heterocycles. The Labute approximate surface area is 248 Å². The summed E-state index contributed by atoms with van der Waals surface area (Å²) in [7, 11) is 1.50. The second-order valence-corrected chi connectivity index (χ2v) is 10.8. The molecule has 1 saturated carbocycles. The van der Waals surface area contributed by atoms with Gasteiger partial charge in [0.25, 0.3) is 5.56 Å². The Bertz CT molecular complexity index is 1830. The topological polar surface area (TPSA) is 127 Å². The number of anilines is 2. The molecule has 10 nitrogen and oxygen atoms in total. The maximum absolute atomic E-state index is 13.3. The van der Waals surface area contributed by atoms with E-state index in [-0.39, 0.29) is 27.9 Å². The van der Waals surface area contributed by atoms with Crippen molar-refractivity contribution < 1.29 is 9.53 Å². The second-order valence-electron chi connectivity index (χ2n) is 9.51. The molecule has 2 aromatic carbocycles. The van der Waals surface area contributed by atoms with E-state index in [1.807, 2.05) is 6.07 Å². The molecule has 3 heterocycles. The van der Waals surface area contributed by atoms with Gasteiger partial charge in [0, 0.05) is 23.6 Å². The number of rotatable bonds is 7. The molecule has 1 fully saturated rings. The number of aromatic amines is 1. The van der Waals surface area contributed by atoms with E-state index in [9.17, 15) is 9.59 Å². The zero-order valence-corrected chi connectivity index (χ0v) is 23.8. The average Bonchev–Trinajstić information content (AvgIpc) is 3.71. The number of fused-ring (bicyclic) bond motifs is 1. The first-order chi connectivity index (χ1) is 19.8. The number of ether oxygens (including phenoxy) is 1. The minimum atomic E-state index is -0.467. The van der Waals surface area contributed by atoms with Crippen molar-refractivity contribution in [1.29, 1.82) is 0 Å². The summed E-state index contributed by atoms with van der Waals surface area (Å²) in [5, 5.41) is 11.5. The minimum Gasteiger partial charge on any atom is -0.495 e. The fourth-order valence-electron chi connectivity index (χ4n) is 4.56. The van der Waals surface area contributed by atoms with Gasteiger partial charge in [-0.3, -0.25) is 10.1 Å². The molecular weight excluding hydrogens is 589 g/mol. The number of nitrogens with zero attached hydrogens (tertiary/aromatic N) is 4. The van der Waals surface area contributed by atoms with E-state index in [2.05, 4.69) is 20.6 Å². The lowest BCUT2D eigenvalue weighted by atomic mass is 10.1. The van der Waals surface area contributed by atoms with Crippen LogP contribution in [0.4, 0.5) is 16.3 Å². The van der Waals surface area contributed by atoms with E-state index >= 15 is 0 Å². The molecule has 5 aromatic rings. The number of hydrogen-bond acceptors (Lipinski definition) is 6. The van der Waals surface area contributed by atoms with E-state index in [0.717, 1.165) is 18.4 Å². The van der Waals surface area contributed by atoms with Crippen LogP contribution in [0.3, 0.4) is 0 Å². The lowest BCUT2D eigenvalue weighted by Crippen LogP contribution is -2.20. The first-order valence-corrected chi connectivity index (χ1v) is 13.8. The van der Waals surface area contributed by atoms with Crippen molar-refractivity contribution in [3.8, 4) is 11.4 Å². The molecule has 0 radical (unpaired) electrons. The average molecular weight is 611 g/mol. The molecule has 0 atom stereocenters. The highest BCUT2D eigenvalue weighted by Gasteiger charge is 2.32. The van der Waals surface area contributed by atoms with Crippen LogP contribution in [0.25, 0.3) is 16.7 Å². The number of hydrogen-bond donors (Lipinski definition) is 3. The normalized spacial score (nSPS) is 12.9. The number of urea groups is 1. The van der Waals surface area contributed by atoms with Crippen LogP contribution in [0.15, 0.2) is 59.5 Å². The highest BCUT2D eigenvalue weighted by atomic mass is 35.5. The fraction of sp³-hybridized carbons (Fsp3) is 0.179. The summed E-state index contributed by atoms with van der Waals surface area (Å²) < 4.78 is 7.04. The lowest BCUT2D eigenvalue weighted by Gasteiger charge is -2.13. The van der Waals surface area contributed by atoms with Gasteiger partial charge >= 0.3 is 6.03 Å². The van der Waals surface area contributed by atoms with Gasteiger partial charge in [-0.2, -0.15) is 5.10 Å². The summed E-state index contributed by atoms with van der Waals surface area (Å²) in [6, 6.07) is 13.2. The molecule has 208 valence electrons. The van der Waals surface area contributed by atoms with Crippen molar-refractivity contribution in [2.24, 2.45) is 0 Å². The van der Waals surface area contributed by atoms with Gasteiger partial charge in [0.05, 0.1) is 28.5 Å². The molecule has 0 saturated heterocycles. The highest BCUT2D eigenvalue weighted by molar-refractivity contribution is 6.40. The minimum absolute atomic E-state index is 0.177. The third-order valence-electron chi connectivity index (χ3n) is 6.56. The van der Waals surface area contributed by atoms with Gasteiger partial charge in [-0.15, -0.1) is 0 Å². The number of amides is 2. The molecule has 1 aliphatic rings. The summed E-state index contributed by atoms with van der Waals surface area (Å²) in [5.41, 5.74) is 2.38. The highest BCUT2D eigenvalue weighted by Crippen LogP contribution is 2.43. The number of carbonyl (C=O) groups is 1. The maximum Gasteiger partial charge on any atom is 0.324 e. The van der Waals surface area contributed by atoms with Crippen LogP contribution < -0.4 is 20.9 Å². The summed E-state index contributed by atoms with van der Waals surface area (Å²) in [4.78, 5) is 37.6. The van der Waals surface area contributed by atoms with E-state index in [4.69, 9.17) is 49.6 Å². The van der Waals surface area contributed by atoms with Gasteiger partial charge in [0.1, 0.15) is 28.5 Å². The molecular formula is C28H22Cl3N7O3. The summed E-state index contributed by atoms with van der Waals surface area (Å²) in [6.45, 7) is 0. The van der Waals surface area contributed by atoms with Gasteiger partial charge < -0.3 is 15.0 Å². The van der Waals surface area contributed by atoms with E-state index in [0.29, 0.717) is 50.5 Å². The number of H-pyrrole nitrogens is 1. The Balaban J connectivity index is 1.33. The Hall–Kier alpha value is -4.12. The molecule has 6 rings (SSSR count). The van der Waals surface area contributed by atoms with Crippen LogP contribution >= 0.6 is 34.8 Å². The van der Waals surface area contributed by atoms with E-state index in [1.165, 1.54) is 11.8 Å². The van der Waals surface area contributed by atoms with Crippen molar-refractivity contribution >= 4 is 63.4 Å². The molecule has 0 spiro atoms. The van der Waals surface area contributed by atoms with Crippen LogP contribution in [0, 0.1) is 0 Å². The Morgan fingerprint density at radius 3 is 2.56 bits per heavy atom. The standard InChI is InChI=1S/C28H22Cl3N7O3/c1-41-20-10-14(5-8-19(20)33-28(40)36-21-4-2-3-9-32-21)11-22-34-26-23(27(39)35-22)24(15-6-7-15)37-38(26)25-17(30)12-16(29)13-18(25)31/h2-5,8-10,12-13,15H,6-7,11H2,1H3,(H,34,35,39)(H2,32,33,36,40). The van der Waals surface area contributed by atoms with Gasteiger partial charge in [0.2, 0.25) is 0 Å². The molecule has 2 amide bonds. The Morgan fingerprint density at radius 2 is 1.88 bits per heavy atom. The number of carbonyl (C=O) groups excluding carboxylic acids is 1. The zero-order valence-electron chi connectivity index (χ0n) is 21.5. The SMILES string of the molecule is COc1cc(Cc2nc3c(c(C4CC4)nn3-c3c(Cl)cc(Cl)cc3Cl)c(=O)[nH]2)ccc1NC(=O)Nc1ccccn1. The number of pyridine rings is 1. The second kappa shape index (κ2) is 11.0. The van der Waals surface area contributed by atoms with Crippen LogP contribution in [-0.2, 0) is 6.42 Å². The van der Waals surface area contributed by atoms with Crippen molar-refractivity contribution in [2.75, 3.05) is 17.7 Å². The maximum atomic E-state index is 13.3. The van der Waals surface area contributed by atoms with Gasteiger partial charge in [-0.25, -0.2) is 19.4 Å². The number of methoxy groups -OCH3 is 1. The lowest BCUT2D eigenvalue weighted by molar-refractivity contribution is 0.262. The van der Waals surface area contributed by atoms with Crippen LogP contribution in [-0.4, -0.2) is 37.9 Å². The molecule has 41 heavy (non-hydrogen) atoms.